The first-order valence-electron chi connectivity index (χ1n) is 9.12. The van der Waals surface area contributed by atoms with Gasteiger partial charge in [-0.1, -0.05) is 24.3 Å². The lowest BCUT2D eigenvalue weighted by molar-refractivity contribution is -0.119. The Morgan fingerprint density at radius 2 is 1.77 bits per heavy atom. The van der Waals surface area contributed by atoms with Gasteiger partial charge in [0.05, 0.1) is 24.3 Å². The highest BCUT2D eigenvalue weighted by molar-refractivity contribution is 6.15. The van der Waals surface area contributed by atoms with E-state index < -0.39 is 0 Å². The summed E-state index contributed by atoms with van der Waals surface area (Å²) in [7, 11) is 0. The topological polar surface area (TPSA) is 49.9 Å². The molecule has 1 saturated heterocycles. The van der Waals surface area contributed by atoms with Crippen molar-refractivity contribution in [1.29, 1.82) is 0 Å². The van der Waals surface area contributed by atoms with Crippen molar-refractivity contribution in [3.8, 4) is 0 Å². The van der Waals surface area contributed by atoms with Crippen molar-refractivity contribution >= 4 is 23.2 Å². The number of carbonyl (C=O) groups excluding carboxylic acids is 2. The average Bonchev–Trinajstić information content (AvgIpc) is 3.46. The van der Waals surface area contributed by atoms with Crippen molar-refractivity contribution in [2.24, 2.45) is 0 Å². The molecule has 132 valence electrons. The molecule has 2 aromatic rings. The van der Waals surface area contributed by atoms with Crippen LogP contribution in [0.25, 0.3) is 0 Å². The van der Waals surface area contributed by atoms with E-state index in [4.69, 9.17) is 4.74 Å². The molecule has 5 heteroatoms. The molecule has 1 spiro atoms. The maximum atomic E-state index is 13.1. The molecule has 5 rings (SSSR count). The maximum absolute atomic E-state index is 13.1. The Hall–Kier alpha value is -2.66. The molecule has 26 heavy (non-hydrogen) atoms. The lowest BCUT2D eigenvalue weighted by Gasteiger charge is -2.27. The number of nitrogens with zero attached hydrogens (tertiary/aromatic N) is 2. The molecule has 3 aliphatic rings. The fourth-order valence-corrected chi connectivity index (χ4v) is 4.10. The van der Waals surface area contributed by atoms with Crippen molar-refractivity contribution in [2.45, 2.75) is 18.3 Å². The third kappa shape index (κ3) is 2.20. The number of rotatable bonds is 2. The molecule has 0 bridgehead atoms. The molecular formula is C21H20N2O3. The van der Waals surface area contributed by atoms with Gasteiger partial charge in [-0.3, -0.25) is 14.5 Å². The number of ether oxygens (including phenoxy) is 1. The van der Waals surface area contributed by atoms with E-state index in [-0.39, 0.29) is 17.2 Å². The molecule has 0 radical (unpaired) electrons. The van der Waals surface area contributed by atoms with Crippen LogP contribution in [-0.2, 0) is 14.9 Å². The first-order chi connectivity index (χ1) is 12.7. The third-order valence-corrected chi connectivity index (χ3v) is 5.67. The van der Waals surface area contributed by atoms with E-state index in [2.05, 4.69) is 6.07 Å². The Morgan fingerprint density at radius 1 is 1.00 bits per heavy atom. The van der Waals surface area contributed by atoms with Crippen molar-refractivity contribution in [2.75, 3.05) is 31.2 Å². The second-order valence-electron chi connectivity index (χ2n) is 7.19. The van der Waals surface area contributed by atoms with Crippen molar-refractivity contribution in [3.63, 3.8) is 0 Å². The van der Waals surface area contributed by atoms with Crippen LogP contribution in [0.2, 0.25) is 0 Å². The van der Waals surface area contributed by atoms with Gasteiger partial charge in [-0.05, 0) is 42.7 Å². The number of amides is 2. The van der Waals surface area contributed by atoms with Gasteiger partial charge in [0.15, 0.2) is 0 Å². The average molecular weight is 348 g/mol. The summed E-state index contributed by atoms with van der Waals surface area (Å²) in [5.41, 5.74) is 3.12. The van der Waals surface area contributed by atoms with Crippen LogP contribution in [-0.4, -0.2) is 43.0 Å². The SMILES string of the molecule is O=C(c1cccc(N2C(=O)C3(CC3)c3ccccc32)c1)N1CCOCC1. The highest BCUT2D eigenvalue weighted by Crippen LogP contribution is 2.58. The van der Waals surface area contributed by atoms with Gasteiger partial charge in [0, 0.05) is 24.3 Å². The Labute approximate surface area is 152 Å². The molecule has 2 fully saturated rings. The van der Waals surface area contributed by atoms with Gasteiger partial charge < -0.3 is 9.64 Å². The fourth-order valence-electron chi connectivity index (χ4n) is 4.10. The molecular weight excluding hydrogens is 328 g/mol. The Balaban J connectivity index is 1.51. The van der Waals surface area contributed by atoms with E-state index >= 15 is 0 Å². The van der Waals surface area contributed by atoms with Gasteiger partial charge in [-0.2, -0.15) is 0 Å². The van der Waals surface area contributed by atoms with Crippen LogP contribution in [0, 0.1) is 0 Å². The van der Waals surface area contributed by atoms with Crippen molar-refractivity contribution in [1.82, 2.24) is 4.90 Å². The van der Waals surface area contributed by atoms with E-state index in [1.807, 2.05) is 47.4 Å². The number of morpholine rings is 1. The summed E-state index contributed by atoms with van der Waals surface area (Å²) in [4.78, 5) is 29.5. The zero-order valence-electron chi connectivity index (χ0n) is 14.5. The first-order valence-corrected chi connectivity index (χ1v) is 9.12. The summed E-state index contributed by atoms with van der Waals surface area (Å²) in [6, 6.07) is 15.4. The minimum atomic E-state index is -0.333. The summed E-state index contributed by atoms with van der Waals surface area (Å²) in [5, 5.41) is 0. The van der Waals surface area contributed by atoms with E-state index in [1.54, 1.807) is 4.90 Å². The molecule has 2 amide bonds. The summed E-state index contributed by atoms with van der Waals surface area (Å²) >= 11 is 0. The summed E-state index contributed by atoms with van der Waals surface area (Å²) in [6.07, 6.45) is 1.82. The van der Waals surface area contributed by atoms with Crippen LogP contribution >= 0.6 is 0 Å². The van der Waals surface area contributed by atoms with Gasteiger partial charge in [0.25, 0.3) is 5.91 Å². The number of para-hydroxylation sites is 1. The molecule has 0 aromatic heterocycles. The number of fused-ring (bicyclic) bond motifs is 2. The minimum absolute atomic E-state index is 0.00350. The van der Waals surface area contributed by atoms with Gasteiger partial charge in [0.2, 0.25) is 5.91 Å². The number of anilines is 2. The molecule has 0 N–H and O–H groups in total. The Morgan fingerprint density at radius 3 is 2.54 bits per heavy atom. The van der Waals surface area contributed by atoms with Crippen molar-refractivity contribution in [3.05, 3.63) is 59.7 Å². The number of carbonyl (C=O) groups is 2. The largest absolute Gasteiger partial charge is 0.378 e. The highest BCUT2D eigenvalue weighted by atomic mass is 16.5. The summed E-state index contributed by atoms with van der Waals surface area (Å²) in [6.45, 7) is 2.37. The molecule has 0 atom stereocenters. The van der Waals surface area contributed by atoms with Gasteiger partial charge in [0.1, 0.15) is 0 Å². The van der Waals surface area contributed by atoms with Crippen LogP contribution < -0.4 is 4.90 Å². The van der Waals surface area contributed by atoms with E-state index in [9.17, 15) is 9.59 Å². The monoisotopic (exact) mass is 348 g/mol. The predicted molar refractivity (Wildman–Crippen MR) is 97.7 cm³/mol. The van der Waals surface area contributed by atoms with Crippen LogP contribution in [0.3, 0.4) is 0 Å². The number of hydrogen-bond acceptors (Lipinski definition) is 3. The molecule has 0 unspecified atom stereocenters. The van der Waals surface area contributed by atoms with E-state index in [0.717, 1.165) is 29.8 Å². The second-order valence-corrected chi connectivity index (χ2v) is 7.19. The van der Waals surface area contributed by atoms with E-state index in [0.29, 0.717) is 31.9 Å². The molecule has 2 heterocycles. The molecule has 1 aliphatic carbocycles. The number of hydrogen-bond donors (Lipinski definition) is 0. The number of benzene rings is 2. The zero-order chi connectivity index (χ0) is 17.7. The molecule has 1 saturated carbocycles. The lowest BCUT2D eigenvalue weighted by atomic mass is 9.98. The third-order valence-electron chi connectivity index (χ3n) is 5.67. The fraction of sp³-hybridized carbons (Fsp3) is 0.333. The Bertz CT molecular complexity index is 898. The highest BCUT2D eigenvalue weighted by Gasteiger charge is 2.59. The Kier molecular flexibility index (Phi) is 3.40. The molecule has 2 aliphatic heterocycles. The maximum Gasteiger partial charge on any atom is 0.254 e. The van der Waals surface area contributed by atoms with Crippen molar-refractivity contribution < 1.29 is 14.3 Å². The van der Waals surface area contributed by atoms with Crippen LogP contribution in [0.4, 0.5) is 11.4 Å². The van der Waals surface area contributed by atoms with E-state index in [1.165, 1.54) is 0 Å². The first kappa shape index (κ1) is 15.6. The van der Waals surface area contributed by atoms with Gasteiger partial charge in [-0.15, -0.1) is 0 Å². The normalized spacial score (nSPS) is 20.4. The standard InChI is InChI=1S/C21H20N2O3/c24-19(22-10-12-26-13-11-22)15-4-3-5-16(14-15)23-18-7-2-1-6-17(18)21(8-9-21)20(23)25/h1-7,14H,8-13H2. The lowest BCUT2D eigenvalue weighted by Crippen LogP contribution is -2.40. The molecule has 5 nitrogen and oxygen atoms in total. The van der Waals surface area contributed by atoms with Crippen LogP contribution in [0.15, 0.2) is 48.5 Å². The van der Waals surface area contributed by atoms with Crippen LogP contribution in [0.5, 0.6) is 0 Å². The van der Waals surface area contributed by atoms with Crippen LogP contribution in [0.1, 0.15) is 28.8 Å². The smallest absolute Gasteiger partial charge is 0.254 e. The zero-order valence-corrected chi connectivity index (χ0v) is 14.5. The summed E-state index contributed by atoms with van der Waals surface area (Å²) < 4.78 is 5.33. The van der Waals surface area contributed by atoms with Gasteiger partial charge in [-0.25, -0.2) is 0 Å². The quantitative estimate of drug-likeness (QED) is 0.838. The second kappa shape index (κ2) is 5.68. The minimum Gasteiger partial charge on any atom is -0.378 e. The summed E-state index contributed by atoms with van der Waals surface area (Å²) in [5.74, 6) is 0.130. The molecule has 2 aromatic carbocycles. The predicted octanol–water partition coefficient (Wildman–Crippen LogP) is 2.87. The van der Waals surface area contributed by atoms with Gasteiger partial charge >= 0.3 is 0 Å².